The molecule has 1 heterocycles. The van der Waals surface area contributed by atoms with E-state index >= 15 is 0 Å². The van der Waals surface area contributed by atoms with Crippen LogP contribution in [0.2, 0.25) is 0 Å². The van der Waals surface area contributed by atoms with Gasteiger partial charge in [-0.25, -0.2) is 0 Å². The summed E-state index contributed by atoms with van der Waals surface area (Å²) in [5.74, 6) is -0.194. The number of nitrogens with one attached hydrogen (secondary N) is 1. The number of nitrogens with zero attached hydrogens (tertiary/aromatic N) is 2. The van der Waals surface area contributed by atoms with Gasteiger partial charge < -0.3 is 20.8 Å². The zero-order valence-corrected chi connectivity index (χ0v) is 19.6. The largest absolute Gasteiger partial charge is 0.412 e. The second kappa shape index (κ2) is 17.7. The number of amides is 1. The van der Waals surface area contributed by atoms with Gasteiger partial charge in [0.1, 0.15) is 0 Å². The fourth-order valence-electron chi connectivity index (χ4n) is 2.87. The molecule has 0 aromatic heterocycles. The maximum absolute atomic E-state index is 12.0. The zero-order chi connectivity index (χ0) is 22.2. The Kier molecular flexibility index (Phi) is 17.7. The summed E-state index contributed by atoms with van der Waals surface area (Å²) in [6.45, 7) is 21.8. The minimum atomic E-state index is -0.302. The van der Waals surface area contributed by atoms with E-state index in [0.717, 1.165) is 37.3 Å². The van der Waals surface area contributed by atoms with Gasteiger partial charge in [-0.15, -0.1) is 0 Å². The van der Waals surface area contributed by atoms with Gasteiger partial charge in [-0.3, -0.25) is 9.69 Å². The molecule has 0 radical (unpaired) electrons. The van der Waals surface area contributed by atoms with Crippen LogP contribution >= 0.6 is 0 Å². The van der Waals surface area contributed by atoms with Crippen LogP contribution in [-0.4, -0.2) is 71.7 Å². The van der Waals surface area contributed by atoms with Gasteiger partial charge in [-0.2, -0.15) is 0 Å². The number of rotatable bonds is 11. The molecule has 0 saturated heterocycles. The molecule has 1 aliphatic rings. The van der Waals surface area contributed by atoms with Crippen molar-refractivity contribution in [1.29, 1.82) is 0 Å². The number of allylic oxidation sites excluding steroid dienone is 3. The Morgan fingerprint density at radius 2 is 2.07 bits per heavy atom. The third kappa shape index (κ3) is 11.8. The van der Waals surface area contributed by atoms with Gasteiger partial charge in [-0.05, 0) is 51.5 Å². The number of carbonyl (C=O) groups is 1. The van der Waals surface area contributed by atoms with Gasteiger partial charge >= 0.3 is 0 Å². The van der Waals surface area contributed by atoms with Crippen LogP contribution < -0.4 is 5.32 Å². The van der Waals surface area contributed by atoms with E-state index < -0.39 is 0 Å². The van der Waals surface area contributed by atoms with E-state index in [-0.39, 0.29) is 23.6 Å². The minimum Gasteiger partial charge on any atom is -0.412 e. The number of hydrogen-bond acceptors (Lipinski definition) is 4. The Balaban J connectivity index is 0. The molecule has 0 saturated carbocycles. The van der Waals surface area contributed by atoms with Crippen LogP contribution in [0, 0.1) is 0 Å². The Morgan fingerprint density at radius 1 is 1.40 bits per heavy atom. The van der Waals surface area contributed by atoms with E-state index in [9.17, 15) is 4.79 Å². The lowest BCUT2D eigenvalue weighted by Crippen LogP contribution is -2.36. The van der Waals surface area contributed by atoms with Crippen LogP contribution in [0.4, 0.5) is 0 Å². The molecule has 0 aliphatic carbocycles. The molecule has 0 spiro atoms. The molecule has 0 aromatic carbocycles. The fourth-order valence-corrected chi connectivity index (χ4v) is 2.87. The average molecular weight is 422 g/mol. The maximum Gasteiger partial charge on any atom is 0.252 e. The topological polar surface area (TPSA) is 87.3 Å². The Hall–Kier alpha value is -2.15. The summed E-state index contributed by atoms with van der Waals surface area (Å²) >= 11 is 0. The van der Waals surface area contributed by atoms with E-state index in [4.69, 9.17) is 5.11 Å². The van der Waals surface area contributed by atoms with Gasteiger partial charge in [0.15, 0.2) is 0 Å². The molecule has 4 N–H and O–H groups in total. The fraction of sp³-hybridized carbons (Fsp3) is 0.542. The Labute approximate surface area is 183 Å². The van der Waals surface area contributed by atoms with Crippen molar-refractivity contribution in [3.8, 4) is 0 Å². The van der Waals surface area contributed by atoms with Crippen molar-refractivity contribution in [2.75, 3.05) is 39.3 Å². The molecule has 6 nitrogen and oxygen atoms in total. The summed E-state index contributed by atoms with van der Waals surface area (Å²) < 4.78 is 0. The smallest absolute Gasteiger partial charge is 0.252 e. The first-order chi connectivity index (χ1) is 13.8. The van der Waals surface area contributed by atoms with E-state index in [1.54, 1.807) is 11.0 Å². The van der Waals surface area contributed by atoms with E-state index in [2.05, 4.69) is 63.2 Å². The highest BCUT2D eigenvalue weighted by Gasteiger charge is 2.20. The van der Waals surface area contributed by atoms with Crippen molar-refractivity contribution in [3.63, 3.8) is 0 Å². The highest BCUT2D eigenvalue weighted by molar-refractivity contribution is 5.93. The van der Waals surface area contributed by atoms with Crippen LogP contribution in [-0.2, 0) is 4.79 Å². The predicted octanol–water partition coefficient (Wildman–Crippen LogP) is 2.84. The van der Waals surface area contributed by atoms with E-state index in [1.165, 1.54) is 0 Å². The lowest BCUT2D eigenvalue weighted by molar-refractivity contribution is -0.126. The molecule has 30 heavy (non-hydrogen) atoms. The third-order valence-corrected chi connectivity index (χ3v) is 4.62. The van der Waals surface area contributed by atoms with E-state index in [0.29, 0.717) is 19.1 Å². The maximum atomic E-state index is 12.0. The molecular formula is C24H43N3O3. The first-order valence-electron chi connectivity index (χ1n) is 10.5. The quantitative estimate of drug-likeness (QED) is 0.305. The molecular weight excluding hydrogens is 378 g/mol. The Bertz CT molecular complexity index is 607. The number of likely N-dealkylation sites (N-methyl/N-ethyl adjacent to an activating group) is 1. The average Bonchev–Trinajstić information content (AvgIpc) is 3.18. The summed E-state index contributed by atoms with van der Waals surface area (Å²) in [4.78, 5) is 16.1. The standard InChI is InChI=1S/C19H31N3O2.C5H10.H2O/c1-6-18(20-9-11-21(7-2)15(3)4)12-17-8-10-22(13-17)19(24)16(5)14-23;1-3-5-4-2;/h6,8,12,15,20,23H,1,5,7,9-11,13-14H2,2-4H3;3,5H,4H2,1-2H3;1H2/b18-12+;5-3+;. The van der Waals surface area contributed by atoms with Gasteiger partial charge in [0.25, 0.3) is 5.91 Å². The first kappa shape index (κ1) is 30.0. The van der Waals surface area contributed by atoms with Crippen molar-refractivity contribution >= 4 is 5.91 Å². The molecule has 1 rings (SSSR count). The van der Waals surface area contributed by atoms with Gasteiger partial charge in [-0.1, -0.05) is 45.2 Å². The van der Waals surface area contributed by atoms with Crippen LogP contribution in [0.3, 0.4) is 0 Å². The normalized spacial score (nSPS) is 13.7. The van der Waals surface area contributed by atoms with Gasteiger partial charge in [0.2, 0.25) is 0 Å². The lowest BCUT2D eigenvalue weighted by Gasteiger charge is -2.25. The van der Waals surface area contributed by atoms with E-state index in [1.807, 2.05) is 19.1 Å². The Morgan fingerprint density at radius 3 is 2.50 bits per heavy atom. The summed E-state index contributed by atoms with van der Waals surface area (Å²) in [6.07, 6.45) is 11.2. The summed E-state index contributed by atoms with van der Waals surface area (Å²) in [7, 11) is 0. The molecule has 0 atom stereocenters. The summed E-state index contributed by atoms with van der Waals surface area (Å²) in [5.41, 5.74) is 2.24. The molecule has 0 fully saturated rings. The summed E-state index contributed by atoms with van der Waals surface area (Å²) in [5, 5.41) is 12.4. The molecule has 0 bridgehead atoms. The highest BCUT2D eigenvalue weighted by atomic mass is 16.3. The van der Waals surface area contributed by atoms with Crippen LogP contribution in [0.5, 0.6) is 0 Å². The predicted molar refractivity (Wildman–Crippen MR) is 128 cm³/mol. The highest BCUT2D eigenvalue weighted by Crippen LogP contribution is 2.14. The number of aliphatic hydroxyl groups is 1. The van der Waals surface area contributed by atoms with Crippen LogP contribution in [0.15, 0.2) is 60.4 Å². The third-order valence-electron chi connectivity index (χ3n) is 4.62. The second-order valence-electron chi connectivity index (χ2n) is 7.16. The number of carbonyl (C=O) groups excluding carboxylic acids is 1. The monoisotopic (exact) mass is 421 g/mol. The SMILES string of the molecule is C/C=C/CC.C=C/C(=C\C1=CCN(C(=O)C(=C)CO)C1)NCCN(CC)C(C)C.O. The second-order valence-corrected chi connectivity index (χ2v) is 7.16. The van der Waals surface area contributed by atoms with Crippen LogP contribution in [0.1, 0.15) is 41.0 Å². The van der Waals surface area contributed by atoms with Crippen molar-refractivity contribution in [2.24, 2.45) is 0 Å². The molecule has 1 aliphatic heterocycles. The first-order valence-corrected chi connectivity index (χ1v) is 10.5. The molecule has 0 unspecified atom stereocenters. The zero-order valence-electron chi connectivity index (χ0n) is 19.6. The van der Waals surface area contributed by atoms with Crippen molar-refractivity contribution in [1.82, 2.24) is 15.1 Å². The molecule has 6 heteroatoms. The van der Waals surface area contributed by atoms with Crippen molar-refractivity contribution in [2.45, 2.75) is 47.1 Å². The lowest BCUT2D eigenvalue weighted by atomic mass is 10.2. The van der Waals surface area contributed by atoms with Gasteiger partial charge in [0, 0.05) is 43.5 Å². The molecule has 1 amide bonds. The molecule has 172 valence electrons. The number of hydrogen-bond donors (Lipinski definition) is 2. The summed E-state index contributed by atoms with van der Waals surface area (Å²) in [6, 6.07) is 0.532. The number of aliphatic hydroxyl groups excluding tert-OH is 1. The van der Waals surface area contributed by atoms with Crippen LogP contribution in [0.25, 0.3) is 0 Å². The van der Waals surface area contributed by atoms with Crippen molar-refractivity contribution < 1.29 is 15.4 Å². The van der Waals surface area contributed by atoms with Crippen molar-refractivity contribution in [3.05, 3.63) is 60.4 Å². The minimum absolute atomic E-state index is 0. The molecule has 0 aromatic rings. The van der Waals surface area contributed by atoms with Gasteiger partial charge in [0.05, 0.1) is 6.61 Å².